The Bertz CT molecular complexity index is 942. The van der Waals surface area contributed by atoms with Gasteiger partial charge in [-0.05, 0) is 57.8 Å². The molecule has 0 fully saturated rings. The van der Waals surface area contributed by atoms with Crippen LogP contribution in [0.2, 0.25) is 0 Å². The van der Waals surface area contributed by atoms with Crippen LogP contribution >= 0.6 is 7.82 Å². The highest BCUT2D eigenvalue weighted by Gasteiger charge is 2.28. The Kier molecular flexibility index (Phi) is 31.7. The van der Waals surface area contributed by atoms with Gasteiger partial charge in [-0.25, -0.2) is 9.36 Å². The van der Waals surface area contributed by atoms with Crippen molar-refractivity contribution in [2.75, 3.05) is 19.8 Å². The molecule has 4 N–H and O–H groups in total. The fourth-order valence-electron chi connectivity index (χ4n) is 4.96. The zero-order chi connectivity index (χ0) is 36.4. The number of carboxylic acids is 1. The predicted molar refractivity (Wildman–Crippen MR) is 194 cm³/mol. The van der Waals surface area contributed by atoms with Gasteiger partial charge in [-0.2, -0.15) is 0 Å². The van der Waals surface area contributed by atoms with E-state index in [0.29, 0.717) is 12.8 Å². The molecule has 0 aliphatic carbocycles. The summed E-state index contributed by atoms with van der Waals surface area (Å²) in [7, 11) is -4.75. The normalized spacial score (nSPS) is 14.2. The highest BCUT2D eigenvalue weighted by atomic mass is 31.2. The second kappa shape index (κ2) is 33.1. The van der Waals surface area contributed by atoms with Gasteiger partial charge in [0.15, 0.2) is 6.04 Å². The number of carbonyl (C=O) groups excluding carboxylic acids is 2. The van der Waals surface area contributed by atoms with E-state index in [-0.39, 0.29) is 12.8 Å². The molecule has 0 aliphatic heterocycles. The number of hydrogen-bond donors (Lipinski definition) is 4. The number of unbranched alkanes of at least 4 members (excludes halogenated alkanes) is 17. The van der Waals surface area contributed by atoms with Crippen molar-refractivity contribution in [3.63, 3.8) is 0 Å². The molecule has 0 aromatic carbocycles. The van der Waals surface area contributed by atoms with E-state index in [9.17, 15) is 34.1 Å². The third-order valence-corrected chi connectivity index (χ3v) is 8.89. The van der Waals surface area contributed by atoms with Gasteiger partial charge in [-0.15, -0.1) is 0 Å². The number of nitrogens with one attached hydrogen (secondary N) is 1. The number of carbonyl (C=O) groups is 3. The lowest BCUT2D eigenvalue weighted by Crippen LogP contribution is -2.43. The van der Waals surface area contributed by atoms with Crippen LogP contribution in [0.25, 0.3) is 0 Å². The van der Waals surface area contributed by atoms with Crippen molar-refractivity contribution in [1.29, 1.82) is 0 Å². The van der Waals surface area contributed by atoms with Gasteiger partial charge in [0.1, 0.15) is 12.7 Å². The summed E-state index contributed by atoms with van der Waals surface area (Å²) in [6.07, 6.45) is 30.8. The van der Waals surface area contributed by atoms with Crippen LogP contribution in [0.4, 0.5) is 0 Å². The number of aliphatic hydroxyl groups is 1. The Morgan fingerprint density at radius 1 is 0.633 bits per heavy atom. The number of esters is 1. The van der Waals surface area contributed by atoms with Crippen molar-refractivity contribution in [3.8, 4) is 0 Å². The van der Waals surface area contributed by atoms with Gasteiger partial charge in [0.2, 0.25) is 5.91 Å². The maximum absolute atomic E-state index is 12.2. The van der Waals surface area contributed by atoms with E-state index in [1.54, 1.807) is 0 Å². The summed E-state index contributed by atoms with van der Waals surface area (Å²) < 4.78 is 26.7. The summed E-state index contributed by atoms with van der Waals surface area (Å²) in [6, 6.07) is -1.55. The first-order chi connectivity index (χ1) is 23.6. The number of carboxylic acid groups (broad SMARTS) is 1. The zero-order valence-electron chi connectivity index (χ0n) is 30.5. The van der Waals surface area contributed by atoms with E-state index in [0.717, 1.165) is 83.5 Å². The van der Waals surface area contributed by atoms with Crippen LogP contribution in [0.15, 0.2) is 24.3 Å². The molecule has 0 aromatic rings. The minimum atomic E-state index is -4.75. The first kappa shape index (κ1) is 47.0. The lowest BCUT2D eigenvalue weighted by Gasteiger charge is -2.18. The van der Waals surface area contributed by atoms with Crippen LogP contribution in [0.5, 0.6) is 0 Å². The molecule has 0 spiro atoms. The Balaban J connectivity index is 3.96. The van der Waals surface area contributed by atoms with Crippen LogP contribution in [0, 0.1) is 0 Å². The van der Waals surface area contributed by atoms with Gasteiger partial charge in [0.25, 0.3) is 0 Å². The molecular formula is C37H68NO10P. The molecule has 286 valence electrons. The molecule has 0 aliphatic rings. The number of hydrogen-bond acceptors (Lipinski definition) is 8. The number of phosphoric ester groups is 1. The highest BCUT2D eigenvalue weighted by molar-refractivity contribution is 7.47. The van der Waals surface area contributed by atoms with Gasteiger partial charge < -0.3 is 25.2 Å². The Morgan fingerprint density at radius 2 is 1.10 bits per heavy atom. The molecule has 0 aromatic heterocycles. The number of aliphatic carboxylic acids is 1. The number of amides is 1. The number of allylic oxidation sites excluding steroid dienone is 4. The molecule has 11 nitrogen and oxygen atoms in total. The molecule has 49 heavy (non-hydrogen) atoms. The molecule has 0 rings (SSSR count). The van der Waals surface area contributed by atoms with Gasteiger partial charge in [0, 0.05) is 12.8 Å². The van der Waals surface area contributed by atoms with E-state index in [1.165, 1.54) is 38.5 Å². The molecule has 0 saturated carbocycles. The lowest BCUT2D eigenvalue weighted by atomic mass is 10.1. The van der Waals surface area contributed by atoms with Crippen LogP contribution < -0.4 is 5.32 Å². The largest absolute Gasteiger partial charge is 0.480 e. The summed E-state index contributed by atoms with van der Waals surface area (Å²) in [4.78, 5) is 45.6. The monoisotopic (exact) mass is 717 g/mol. The molecule has 0 radical (unpaired) electrons. The topological polar surface area (TPSA) is 169 Å². The van der Waals surface area contributed by atoms with Gasteiger partial charge >= 0.3 is 19.8 Å². The summed E-state index contributed by atoms with van der Waals surface area (Å²) >= 11 is 0. The molecule has 1 amide bonds. The second-order valence-electron chi connectivity index (χ2n) is 12.8. The van der Waals surface area contributed by atoms with E-state index >= 15 is 0 Å². The van der Waals surface area contributed by atoms with Crippen molar-refractivity contribution < 1.29 is 47.8 Å². The van der Waals surface area contributed by atoms with Gasteiger partial charge in [0.05, 0.1) is 13.2 Å². The molecule has 0 heterocycles. The average Bonchev–Trinajstić information content (AvgIpc) is 3.07. The molecule has 0 bridgehead atoms. The minimum absolute atomic E-state index is 0.135. The number of aliphatic hydroxyl groups excluding tert-OH is 1. The van der Waals surface area contributed by atoms with E-state index in [1.807, 2.05) is 0 Å². The third kappa shape index (κ3) is 32.9. The summed E-state index contributed by atoms with van der Waals surface area (Å²) in [5, 5.41) is 21.7. The Hall–Kier alpha value is -2.04. The van der Waals surface area contributed by atoms with E-state index < -0.39 is 57.6 Å². The minimum Gasteiger partial charge on any atom is -0.480 e. The fourth-order valence-corrected chi connectivity index (χ4v) is 5.73. The Labute approximate surface area is 296 Å². The first-order valence-corrected chi connectivity index (χ1v) is 20.4. The van der Waals surface area contributed by atoms with E-state index in [4.69, 9.17) is 13.8 Å². The third-order valence-electron chi connectivity index (χ3n) is 7.94. The molecule has 3 atom stereocenters. The average molecular weight is 718 g/mol. The quantitative estimate of drug-likeness (QED) is 0.0215. The van der Waals surface area contributed by atoms with Gasteiger partial charge in [-0.1, -0.05) is 115 Å². The van der Waals surface area contributed by atoms with Crippen molar-refractivity contribution >= 4 is 25.7 Å². The number of rotatable bonds is 35. The van der Waals surface area contributed by atoms with Crippen molar-refractivity contribution in [2.24, 2.45) is 0 Å². The SMILES string of the molecule is CCC/C=C\CCCCCCCC(=O)NC(COP(=O)(O)OCC(O)COC(=O)CCCCCCC/C=C\CCCCCCCC)C(=O)O. The van der Waals surface area contributed by atoms with Crippen LogP contribution in [0.3, 0.4) is 0 Å². The first-order valence-electron chi connectivity index (χ1n) is 18.9. The van der Waals surface area contributed by atoms with Crippen LogP contribution in [0.1, 0.15) is 162 Å². The van der Waals surface area contributed by atoms with Crippen molar-refractivity contribution in [1.82, 2.24) is 5.32 Å². The highest BCUT2D eigenvalue weighted by Crippen LogP contribution is 2.43. The second-order valence-corrected chi connectivity index (χ2v) is 14.2. The maximum Gasteiger partial charge on any atom is 0.472 e. The molecular weight excluding hydrogens is 649 g/mol. The fraction of sp³-hybridized carbons (Fsp3) is 0.811. The summed E-state index contributed by atoms with van der Waals surface area (Å²) in [5.74, 6) is -2.40. The van der Waals surface area contributed by atoms with Crippen molar-refractivity contribution in [3.05, 3.63) is 24.3 Å². The Morgan fingerprint density at radius 3 is 1.63 bits per heavy atom. The molecule has 0 saturated heterocycles. The zero-order valence-corrected chi connectivity index (χ0v) is 31.4. The van der Waals surface area contributed by atoms with Crippen LogP contribution in [-0.4, -0.2) is 64.9 Å². The maximum atomic E-state index is 12.2. The van der Waals surface area contributed by atoms with Crippen LogP contribution in [-0.2, 0) is 32.7 Å². The van der Waals surface area contributed by atoms with Gasteiger partial charge in [-0.3, -0.25) is 18.6 Å². The standard InChI is InChI=1S/C37H68NO10P/c1-3-5-7-9-11-13-15-16-17-18-19-21-23-25-27-29-36(41)46-30-33(39)31-47-49(44,45)48-32-34(37(42)43)38-35(40)28-26-24-22-20-14-12-10-8-6-4-2/h8,10,16-17,33-34,39H,3-7,9,11-15,18-32H2,1-2H3,(H,38,40)(H,42,43)(H,44,45)/b10-8-,17-16-. The lowest BCUT2D eigenvalue weighted by molar-refractivity contribution is -0.147. The summed E-state index contributed by atoms with van der Waals surface area (Å²) in [5.41, 5.74) is 0. The predicted octanol–water partition coefficient (Wildman–Crippen LogP) is 8.72. The van der Waals surface area contributed by atoms with Crippen molar-refractivity contribution in [2.45, 2.75) is 174 Å². The number of ether oxygens (including phenoxy) is 1. The van der Waals surface area contributed by atoms with E-state index in [2.05, 4.69) is 43.5 Å². The number of phosphoric acid groups is 1. The molecule has 12 heteroatoms. The summed E-state index contributed by atoms with van der Waals surface area (Å²) in [6.45, 7) is 2.48. The smallest absolute Gasteiger partial charge is 0.472 e. The molecule has 3 unspecified atom stereocenters.